The van der Waals surface area contributed by atoms with Crippen molar-refractivity contribution in [3.8, 4) is 0 Å². The van der Waals surface area contributed by atoms with E-state index in [1.807, 2.05) is 4.52 Å². The second-order valence-electron chi connectivity index (χ2n) is 10.2. The summed E-state index contributed by atoms with van der Waals surface area (Å²) in [6.07, 6.45) is 5.29. The van der Waals surface area contributed by atoms with Gasteiger partial charge in [-0.2, -0.15) is 9.50 Å². The number of anilines is 2. The molecule has 3 heterocycles. The van der Waals surface area contributed by atoms with Crippen LogP contribution in [0.2, 0.25) is 0 Å². The highest BCUT2D eigenvalue weighted by molar-refractivity contribution is 5.59. The largest absolute Gasteiger partial charge is 0.368 e. The van der Waals surface area contributed by atoms with Gasteiger partial charge >= 0.3 is 0 Å². The second kappa shape index (κ2) is 8.99. The lowest BCUT2D eigenvalue weighted by atomic mass is 9.96. The Morgan fingerprint density at radius 3 is 2.26 bits per heavy atom. The predicted octanol–water partition coefficient (Wildman–Crippen LogP) is 4.85. The molecule has 0 N–H and O–H groups in total. The van der Waals surface area contributed by atoms with Crippen molar-refractivity contribution >= 4 is 17.3 Å². The second-order valence-corrected chi connectivity index (χ2v) is 10.2. The maximum absolute atomic E-state index is 5.00. The van der Waals surface area contributed by atoms with Crippen molar-refractivity contribution in [1.82, 2.24) is 19.6 Å². The molecule has 2 aromatic carbocycles. The van der Waals surface area contributed by atoms with Crippen LogP contribution in [0.3, 0.4) is 0 Å². The van der Waals surface area contributed by atoms with E-state index in [1.165, 1.54) is 57.9 Å². The van der Waals surface area contributed by atoms with E-state index in [0.717, 1.165) is 57.0 Å². The molecule has 6 rings (SSSR count). The van der Waals surface area contributed by atoms with Crippen LogP contribution in [0.1, 0.15) is 52.2 Å². The van der Waals surface area contributed by atoms with Crippen molar-refractivity contribution in [1.29, 1.82) is 0 Å². The summed E-state index contributed by atoms with van der Waals surface area (Å²) in [6, 6.07) is 15.4. The van der Waals surface area contributed by atoms with Crippen LogP contribution in [0.25, 0.3) is 5.78 Å². The Balaban J connectivity index is 1.32. The quantitative estimate of drug-likeness (QED) is 0.431. The molecule has 4 aromatic rings. The molecule has 2 aromatic heterocycles. The fourth-order valence-corrected chi connectivity index (χ4v) is 5.67. The summed E-state index contributed by atoms with van der Waals surface area (Å²) in [7, 11) is 0. The summed E-state index contributed by atoms with van der Waals surface area (Å²) in [6.45, 7) is 10.5. The maximum Gasteiger partial charge on any atom is 0.254 e. The van der Waals surface area contributed by atoms with E-state index in [1.54, 1.807) is 0 Å². The van der Waals surface area contributed by atoms with Crippen LogP contribution in [-0.4, -0.2) is 45.8 Å². The molecular weight excluding hydrogens is 432 g/mol. The smallest absolute Gasteiger partial charge is 0.254 e. The Morgan fingerprint density at radius 2 is 1.49 bits per heavy atom. The number of nitrogens with zero attached hydrogens (tertiary/aromatic N) is 6. The lowest BCUT2D eigenvalue weighted by molar-refractivity contribution is 0.613. The number of aromatic nitrogens is 4. The Bertz CT molecular complexity index is 1360. The van der Waals surface area contributed by atoms with Gasteiger partial charge in [-0.25, -0.2) is 4.98 Å². The van der Waals surface area contributed by atoms with E-state index in [9.17, 15) is 0 Å². The molecule has 1 aliphatic heterocycles. The number of piperazine rings is 1. The number of hydrogen-bond donors (Lipinski definition) is 0. The molecule has 0 unspecified atom stereocenters. The van der Waals surface area contributed by atoms with Gasteiger partial charge in [0, 0.05) is 43.9 Å². The van der Waals surface area contributed by atoms with Gasteiger partial charge in [-0.05, 0) is 63.6 Å². The van der Waals surface area contributed by atoms with Gasteiger partial charge in [0.2, 0.25) is 0 Å². The Labute approximate surface area is 207 Å². The van der Waals surface area contributed by atoms with Crippen molar-refractivity contribution < 1.29 is 0 Å². The molecule has 0 amide bonds. The van der Waals surface area contributed by atoms with Crippen LogP contribution < -0.4 is 9.80 Å². The molecule has 0 bridgehead atoms. The van der Waals surface area contributed by atoms with Crippen molar-refractivity contribution in [2.75, 3.05) is 36.0 Å². The molecule has 0 atom stereocenters. The molecule has 1 saturated heterocycles. The topological polar surface area (TPSA) is 49.6 Å². The van der Waals surface area contributed by atoms with E-state index in [0.29, 0.717) is 0 Å². The van der Waals surface area contributed by atoms with Gasteiger partial charge in [-0.1, -0.05) is 47.5 Å². The van der Waals surface area contributed by atoms with Gasteiger partial charge in [0.15, 0.2) is 5.82 Å². The SMILES string of the molecule is Cc1ccc(Cc2nc3nc4c(c(N5CCN(c6ccc(C)cc6C)CC5)n3n2)CCCC4)cc1. The molecule has 1 aliphatic carbocycles. The first-order valence-corrected chi connectivity index (χ1v) is 13.0. The molecule has 6 nitrogen and oxygen atoms in total. The summed E-state index contributed by atoms with van der Waals surface area (Å²) < 4.78 is 2.04. The van der Waals surface area contributed by atoms with Crippen LogP contribution >= 0.6 is 0 Å². The predicted molar refractivity (Wildman–Crippen MR) is 142 cm³/mol. The lowest BCUT2D eigenvalue weighted by Crippen LogP contribution is -2.48. The molecule has 35 heavy (non-hydrogen) atoms. The van der Waals surface area contributed by atoms with Crippen LogP contribution in [0.15, 0.2) is 42.5 Å². The first-order valence-electron chi connectivity index (χ1n) is 13.0. The minimum Gasteiger partial charge on any atom is -0.368 e. The van der Waals surface area contributed by atoms with E-state index >= 15 is 0 Å². The van der Waals surface area contributed by atoms with Gasteiger partial charge in [-0.3, -0.25) is 0 Å². The zero-order valence-electron chi connectivity index (χ0n) is 21.1. The minimum atomic E-state index is 0.730. The van der Waals surface area contributed by atoms with Crippen LogP contribution in [0, 0.1) is 20.8 Å². The number of aryl methyl sites for hydroxylation is 4. The van der Waals surface area contributed by atoms with Crippen LogP contribution in [-0.2, 0) is 19.3 Å². The summed E-state index contributed by atoms with van der Waals surface area (Å²) >= 11 is 0. The van der Waals surface area contributed by atoms with E-state index in [4.69, 9.17) is 15.1 Å². The van der Waals surface area contributed by atoms with Crippen molar-refractivity contribution in [3.05, 3.63) is 81.8 Å². The number of rotatable bonds is 4. The first-order chi connectivity index (χ1) is 17.0. The van der Waals surface area contributed by atoms with Crippen molar-refractivity contribution in [2.45, 2.75) is 52.9 Å². The fraction of sp³-hybridized carbons (Fsp3) is 0.414. The Hall–Kier alpha value is -3.41. The molecule has 0 saturated carbocycles. The van der Waals surface area contributed by atoms with Crippen molar-refractivity contribution in [3.63, 3.8) is 0 Å². The monoisotopic (exact) mass is 466 g/mol. The maximum atomic E-state index is 5.00. The van der Waals surface area contributed by atoms with Gasteiger partial charge in [0.25, 0.3) is 5.78 Å². The van der Waals surface area contributed by atoms with Gasteiger partial charge in [-0.15, -0.1) is 5.10 Å². The van der Waals surface area contributed by atoms with E-state index in [-0.39, 0.29) is 0 Å². The number of benzene rings is 2. The Morgan fingerprint density at radius 1 is 0.771 bits per heavy atom. The van der Waals surface area contributed by atoms with Gasteiger partial charge < -0.3 is 9.80 Å². The highest BCUT2D eigenvalue weighted by Crippen LogP contribution is 2.32. The molecule has 0 spiro atoms. The van der Waals surface area contributed by atoms with Crippen LogP contribution in [0.5, 0.6) is 0 Å². The molecule has 1 fully saturated rings. The molecule has 180 valence electrons. The highest BCUT2D eigenvalue weighted by atomic mass is 15.4. The zero-order chi connectivity index (χ0) is 23.9. The third-order valence-electron chi connectivity index (χ3n) is 7.53. The third kappa shape index (κ3) is 4.26. The minimum absolute atomic E-state index is 0.730. The van der Waals surface area contributed by atoms with Crippen LogP contribution in [0.4, 0.5) is 11.5 Å². The molecular formula is C29H34N6. The van der Waals surface area contributed by atoms with Gasteiger partial charge in [0.1, 0.15) is 5.82 Å². The normalized spacial score (nSPS) is 16.1. The van der Waals surface area contributed by atoms with E-state index in [2.05, 4.69) is 73.0 Å². The average molecular weight is 467 g/mol. The third-order valence-corrected chi connectivity index (χ3v) is 7.53. The van der Waals surface area contributed by atoms with Gasteiger partial charge in [0.05, 0.1) is 5.69 Å². The lowest BCUT2D eigenvalue weighted by Gasteiger charge is -2.39. The Kier molecular flexibility index (Phi) is 5.67. The summed E-state index contributed by atoms with van der Waals surface area (Å²) in [5.74, 6) is 2.83. The van der Waals surface area contributed by atoms with Crippen molar-refractivity contribution in [2.24, 2.45) is 0 Å². The number of fused-ring (bicyclic) bond motifs is 2. The summed E-state index contributed by atoms with van der Waals surface area (Å²) in [5, 5.41) is 5.00. The standard InChI is InChI=1S/C29H34N6/c1-20-8-11-23(12-9-20)19-27-31-29-30-25-7-5-4-6-24(25)28(35(29)32-27)34-16-14-33(15-17-34)26-13-10-21(2)18-22(26)3/h8-13,18H,4-7,14-17,19H2,1-3H3. The zero-order valence-corrected chi connectivity index (χ0v) is 21.1. The highest BCUT2D eigenvalue weighted by Gasteiger charge is 2.27. The number of hydrogen-bond acceptors (Lipinski definition) is 5. The average Bonchev–Trinajstić information content (AvgIpc) is 3.26. The molecule has 2 aliphatic rings. The first kappa shape index (κ1) is 22.1. The summed E-state index contributed by atoms with van der Waals surface area (Å²) in [5.41, 5.74) is 9.16. The molecule has 0 radical (unpaired) electrons. The summed E-state index contributed by atoms with van der Waals surface area (Å²) in [4.78, 5) is 14.9. The fourth-order valence-electron chi connectivity index (χ4n) is 5.67. The molecule has 6 heteroatoms. The van der Waals surface area contributed by atoms with E-state index < -0.39 is 0 Å².